The van der Waals surface area contributed by atoms with Crippen LogP contribution in [-0.4, -0.2) is 0 Å². The van der Waals surface area contributed by atoms with E-state index in [-0.39, 0.29) is 13.5 Å². The van der Waals surface area contributed by atoms with Gasteiger partial charge in [0.25, 0.3) is 0 Å². The first-order valence-electron chi connectivity index (χ1n) is 4.77. The molecule has 0 amide bonds. The summed E-state index contributed by atoms with van der Waals surface area (Å²) in [5.74, 6) is 1.98. The first kappa shape index (κ1) is 10.1. The van der Waals surface area contributed by atoms with Crippen LogP contribution in [0.2, 0.25) is 0 Å². The maximum absolute atomic E-state index is 5.78. The van der Waals surface area contributed by atoms with Gasteiger partial charge in [-0.15, -0.1) is 0 Å². The van der Waals surface area contributed by atoms with E-state index in [0.717, 1.165) is 17.9 Å². The second-order valence-corrected chi connectivity index (χ2v) is 3.49. The molecule has 0 saturated heterocycles. The number of fused-ring (bicyclic) bond motifs is 2. The van der Waals surface area contributed by atoms with Crippen molar-refractivity contribution in [2.24, 2.45) is 0 Å². The zero-order chi connectivity index (χ0) is 9.38. The monoisotopic (exact) mass is 216 g/mol. The van der Waals surface area contributed by atoms with Crippen molar-refractivity contribution in [2.75, 3.05) is 0 Å². The summed E-state index contributed by atoms with van der Waals surface area (Å²) in [4.78, 5) is 0. The van der Waals surface area contributed by atoms with Crippen LogP contribution < -0.4 is 4.74 Å². The Morgan fingerprint density at radius 2 is 1.20 bits per heavy atom. The molecule has 0 bridgehead atoms. The van der Waals surface area contributed by atoms with E-state index in [1.54, 1.807) is 0 Å². The molecule has 1 nitrogen and oxygen atoms in total. The smallest absolute Gasteiger partial charge is 0.130 e. The summed E-state index contributed by atoms with van der Waals surface area (Å²) in [6, 6.07) is 16.4. The van der Waals surface area contributed by atoms with Gasteiger partial charge in [0.05, 0.1) is 0 Å². The Balaban J connectivity index is 0.000000853. The predicted molar refractivity (Wildman–Crippen MR) is 66.1 cm³/mol. The minimum absolute atomic E-state index is 0. The fourth-order valence-electron chi connectivity index (χ4n) is 1.82. The summed E-state index contributed by atoms with van der Waals surface area (Å²) in [5.41, 5.74) is 2.54. The largest absolute Gasteiger partial charge is 0.457 e. The number of hydrogen-bond acceptors (Lipinski definition) is 1. The van der Waals surface area contributed by atoms with Crippen molar-refractivity contribution < 1.29 is 4.74 Å². The topological polar surface area (TPSA) is 9.23 Å². The average molecular weight is 216 g/mol. The lowest BCUT2D eigenvalue weighted by atomic mass is 10.0. The molecule has 0 unspecified atom stereocenters. The third-order valence-electron chi connectivity index (χ3n) is 2.55. The number of hydrogen-bond donors (Lipinski definition) is 0. The Kier molecular flexibility index (Phi) is 2.69. The molecule has 0 radical (unpaired) electrons. The molecule has 0 spiro atoms. The van der Waals surface area contributed by atoms with Crippen molar-refractivity contribution in [3.05, 3.63) is 59.7 Å². The van der Waals surface area contributed by atoms with Gasteiger partial charge in [-0.25, -0.2) is 0 Å². The van der Waals surface area contributed by atoms with Crippen molar-refractivity contribution in [3.8, 4) is 11.5 Å². The van der Waals surface area contributed by atoms with E-state index in [2.05, 4.69) is 24.3 Å². The standard InChI is InChI=1S/C13H10O.H2S/c1-3-7-12-10(5-1)9-11-6-2-4-8-13(11)14-12;/h1-8H,9H2;1H2. The minimum atomic E-state index is 0. The Morgan fingerprint density at radius 1 is 0.733 bits per heavy atom. The highest BCUT2D eigenvalue weighted by molar-refractivity contribution is 7.59. The Hall–Kier alpha value is -1.41. The van der Waals surface area contributed by atoms with Crippen LogP contribution in [0.4, 0.5) is 0 Å². The van der Waals surface area contributed by atoms with Gasteiger partial charge in [0.15, 0.2) is 0 Å². The zero-order valence-corrected chi connectivity index (χ0v) is 9.23. The van der Waals surface area contributed by atoms with Crippen molar-refractivity contribution in [3.63, 3.8) is 0 Å². The highest BCUT2D eigenvalue weighted by atomic mass is 32.1. The van der Waals surface area contributed by atoms with Crippen molar-refractivity contribution in [1.82, 2.24) is 0 Å². The summed E-state index contributed by atoms with van der Waals surface area (Å²) in [6.45, 7) is 0. The van der Waals surface area contributed by atoms with E-state index in [9.17, 15) is 0 Å². The molecule has 0 aromatic heterocycles. The van der Waals surface area contributed by atoms with Crippen LogP contribution in [0.5, 0.6) is 11.5 Å². The third kappa shape index (κ3) is 1.73. The second kappa shape index (κ2) is 3.99. The summed E-state index contributed by atoms with van der Waals surface area (Å²) in [7, 11) is 0. The summed E-state index contributed by atoms with van der Waals surface area (Å²) >= 11 is 0. The highest BCUT2D eigenvalue weighted by Crippen LogP contribution is 2.35. The molecule has 2 aromatic rings. The maximum atomic E-state index is 5.78. The summed E-state index contributed by atoms with van der Waals surface area (Å²) in [5, 5.41) is 0. The molecule has 76 valence electrons. The molecular formula is C13H12OS. The molecule has 0 N–H and O–H groups in total. The first-order valence-corrected chi connectivity index (χ1v) is 4.77. The fraction of sp³-hybridized carbons (Fsp3) is 0.0769. The van der Waals surface area contributed by atoms with Crippen LogP contribution >= 0.6 is 13.5 Å². The van der Waals surface area contributed by atoms with E-state index in [4.69, 9.17) is 4.74 Å². The second-order valence-electron chi connectivity index (χ2n) is 3.49. The Bertz CT molecular complexity index is 392. The molecule has 3 rings (SSSR count). The van der Waals surface area contributed by atoms with Gasteiger partial charge in [-0.2, -0.15) is 13.5 Å². The van der Waals surface area contributed by atoms with Crippen LogP contribution in [0.15, 0.2) is 48.5 Å². The summed E-state index contributed by atoms with van der Waals surface area (Å²) in [6.07, 6.45) is 0.979. The van der Waals surface area contributed by atoms with Crippen molar-refractivity contribution >= 4 is 13.5 Å². The minimum Gasteiger partial charge on any atom is -0.457 e. The molecule has 1 heterocycles. The summed E-state index contributed by atoms with van der Waals surface area (Å²) < 4.78 is 5.78. The van der Waals surface area contributed by atoms with Gasteiger partial charge >= 0.3 is 0 Å². The quantitative estimate of drug-likeness (QED) is 0.559. The third-order valence-corrected chi connectivity index (χ3v) is 2.55. The van der Waals surface area contributed by atoms with Crippen LogP contribution in [0.1, 0.15) is 11.1 Å². The van der Waals surface area contributed by atoms with Gasteiger partial charge < -0.3 is 4.74 Å². The van der Waals surface area contributed by atoms with E-state index >= 15 is 0 Å². The molecule has 2 aromatic carbocycles. The molecule has 1 aliphatic heterocycles. The number of benzene rings is 2. The molecule has 0 atom stereocenters. The Labute approximate surface area is 96.2 Å². The molecule has 1 aliphatic rings. The lowest BCUT2D eigenvalue weighted by molar-refractivity contribution is 0.460. The van der Waals surface area contributed by atoms with Crippen molar-refractivity contribution in [2.45, 2.75) is 6.42 Å². The SMILES string of the molecule is S.c1ccc2c(c1)Cc1ccccc1O2. The zero-order valence-electron chi connectivity index (χ0n) is 8.23. The normalized spacial score (nSPS) is 11.7. The van der Waals surface area contributed by atoms with Gasteiger partial charge in [-0.05, 0) is 23.3 Å². The molecule has 15 heavy (non-hydrogen) atoms. The molecule has 0 saturated carbocycles. The molecule has 2 heteroatoms. The number of rotatable bonds is 0. The number of para-hydroxylation sites is 2. The maximum Gasteiger partial charge on any atom is 0.130 e. The van der Waals surface area contributed by atoms with Gasteiger partial charge in [0.2, 0.25) is 0 Å². The van der Waals surface area contributed by atoms with Crippen LogP contribution in [-0.2, 0) is 6.42 Å². The van der Waals surface area contributed by atoms with E-state index in [1.165, 1.54) is 11.1 Å². The molecule has 0 aliphatic carbocycles. The van der Waals surface area contributed by atoms with Gasteiger partial charge in [-0.3, -0.25) is 0 Å². The lowest BCUT2D eigenvalue weighted by Gasteiger charge is -2.19. The lowest BCUT2D eigenvalue weighted by Crippen LogP contribution is -2.01. The van der Waals surface area contributed by atoms with Crippen molar-refractivity contribution in [1.29, 1.82) is 0 Å². The predicted octanol–water partition coefficient (Wildman–Crippen LogP) is 3.50. The Morgan fingerprint density at radius 3 is 1.73 bits per heavy atom. The average Bonchev–Trinajstić information content (AvgIpc) is 2.26. The van der Waals surface area contributed by atoms with Crippen LogP contribution in [0.25, 0.3) is 0 Å². The fourth-order valence-corrected chi connectivity index (χ4v) is 1.82. The van der Waals surface area contributed by atoms with E-state index in [0.29, 0.717) is 0 Å². The number of ether oxygens (including phenoxy) is 1. The molecule has 0 fully saturated rings. The van der Waals surface area contributed by atoms with Crippen LogP contribution in [0.3, 0.4) is 0 Å². The van der Waals surface area contributed by atoms with E-state index < -0.39 is 0 Å². The van der Waals surface area contributed by atoms with Crippen LogP contribution in [0, 0.1) is 0 Å². The van der Waals surface area contributed by atoms with Gasteiger partial charge in [0, 0.05) is 6.42 Å². The first-order chi connectivity index (χ1) is 6.93. The van der Waals surface area contributed by atoms with Gasteiger partial charge in [0.1, 0.15) is 11.5 Å². The van der Waals surface area contributed by atoms with E-state index in [1.807, 2.05) is 24.3 Å². The molecular weight excluding hydrogens is 204 g/mol. The highest BCUT2D eigenvalue weighted by Gasteiger charge is 2.14. The van der Waals surface area contributed by atoms with Gasteiger partial charge in [-0.1, -0.05) is 36.4 Å².